The lowest BCUT2D eigenvalue weighted by atomic mass is 10.1. The molecule has 2 saturated carbocycles. The van der Waals surface area contributed by atoms with Gasteiger partial charge in [0.2, 0.25) is 5.91 Å². The first-order chi connectivity index (χ1) is 12.2. The number of carbonyl (C=O) groups is 2. The number of rotatable bonds is 4. The van der Waals surface area contributed by atoms with Crippen LogP contribution in [0, 0.1) is 0 Å². The van der Waals surface area contributed by atoms with Gasteiger partial charge in [-0.3, -0.25) is 14.6 Å². The van der Waals surface area contributed by atoms with Crippen molar-refractivity contribution in [1.29, 1.82) is 0 Å². The molecule has 1 aromatic rings. The summed E-state index contributed by atoms with van der Waals surface area (Å²) < 4.78 is 0. The summed E-state index contributed by atoms with van der Waals surface area (Å²) >= 11 is 0. The Balaban J connectivity index is 1.54. The second-order valence-corrected chi connectivity index (χ2v) is 7.46. The molecule has 0 aromatic heterocycles. The molecule has 0 radical (unpaired) electrons. The molecule has 1 N–H and O–H groups in total. The van der Waals surface area contributed by atoms with Crippen LogP contribution in [0.1, 0.15) is 56.9 Å². The first-order valence-electron chi connectivity index (χ1n) is 9.45. The highest BCUT2D eigenvalue weighted by molar-refractivity contribution is 6.47. The summed E-state index contributed by atoms with van der Waals surface area (Å²) in [6.45, 7) is 0.120. The van der Waals surface area contributed by atoms with Crippen LogP contribution in [-0.4, -0.2) is 40.7 Å². The smallest absolute Gasteiger partial charge is 0.275 e. The third-order valence-electron chi connectivity index (χ3n) is 5.74. The van der Waals surface area contributed by atoms with Gasteiger partial charge in [0.25, 0.3) is 5.91 Å². The van der Waals surface area contributed by atoms with Crippen molar-refractivity contribution in [3.05, 3.63) is 35.9 Å². The van der Waals surface area contributed by atoms with Crippen LogP contribution < -0.4 is 5.32 Å². The van der Waals surface area contributed by atoms with Crippen molar-refractivity contribution in [3.63, 3.8) is 0 Å². The first-order valence-corrected chi connectivity index (χ1v) is 9.45. The van der Waals surface area contributed by atoms with Crippen molar-refractivity contribution in [2.45, 2.75) is 63.1 Å². The quantitative estimate of drug-likeness (QED) is 0.917. The van der Waals surface area contributed by atoms with Gasteiger partial charge in [0, 0.05) is 11.6 Å². The maximum atomic E-state index is 13.1. The van der Waals surface area contributed by atoms with E-state index >= 15 is 0 Å². The van der Waals surface area contributed by atoms with Gasteiger partial charge in [-0.15, -0.1) is 0 Å². The van der Waals surface area contributed by atoms with E-state index in [0.717, 1.165) is 44.1 Å². The van der Waals surface area contributed by atoms with Crippen molar-refractivity contribution in [3.8, 4) is 0 Å². The SMILES string of the molecule is O=C(CN1C(=O)C(c2ccccc2)=NC12CCCC2)NC1CCCC1. The van der Waals surface area contributed by atoms with Crippen molar-refractivity contribution in [1.82, 2.24) is 10.2 Å². The molecule has 0 unspecified atom stereocenters. The molecule has 1 aliphatic heterocycles. The van der Waals surface area contributed by atoms with Gasteiger partial charge in [0.15, 0.2) is 0 Å². The van der Waals surface area contributed by atoms with E-state index in [1.54, 1.807) is 4.90 Å². The van der Waals surface area contributed by atoms with E-state index < -0.39 is 5.66 Å². The minimum atomic E-state index is -0.505. The summed E-state index contributed by atoms with van der Waals surface area (Å²) in [5.41, 5.74) is 0.851. The molecule has 5 heteroatoms. The Bertz CT molecular complexity index is 686. The molecule has 0 bridgehead atoms. The van der Waals surface area contributed by atoms with Crippen molar-refractivity contribution < 1.29 is 9.59 Å². The molecule has 2 fully saturated rings. The van der Waals surface area contributed by atoms with E-state index in [1.165, 1.54) is 12.8 Å². The minimum Gasteiger partial charge on any atom is -0.352 e. The molecule has 3 aliphatic rings. The molecule has 1 spiro atoms. The van der Waals surface area contributed by atoms with Crippen LogP contribution in [0.4, 0.5) is 0 Å². The summed E-state index contributed by atoms with van der Waals surface area (Å²) in [6, 6.07) is 9.88. The zero-order chi connectivity index (χ0) is 17.3. The summed E-state index contributed by atoms with van der Waals surface area (Å²) in [7, 11) is 0. The molecule has 132 valence electrons. The lowest BCUT2D eigenvalue weighted by molar-refractivity contribution is -0.135. The van der Waals surface area contributed by atoms with Gasteiger partial charge in [0.1, 0.15) is 17.9 Å². The summed E-state index contributed by atoms with van der Waals surface area (Å²) in [4.78, 5) is 32.2. The number of nitrogens with zero attached hydrogens (tertiary/aromatic N) is 2. The van der Waals surface area contributed by atoms with Gasteiger partial charge in [0.05, 0.1) is 0 Å². The normalized spacial score (nSPS) is 22.6. The van der Waals surface area contributed by atoms with Crippen LogP contribution in [0.15, 0.2) is 35.3 Å². The van der Waals surface area contributed by atoms with Gasteiger partial charge < -0.3 is 10.2 Å². The fraction of sp³-hybridized carbons (Fsp3) is 0.550. The standard InChI is InChI=1S/C20H25N3O2/c24-17(21-16-10-4-5-11-16)14-23-19(25)18(15-8-2-1-3-9-15)22-20(23)12-6-7-13-20/h1-3,8-9,16H,4-7,10-14H2,(H,21,24). The molecule has 5 nitrogen and oxygen atoms in total. The molecular formula is C20H25N3O2. The molecule has 0 atom stereocenters. The average Bonchev–Trinajstić information content (AvgIpc) is 3.35. The Morgan fingerprint density at radius 2 is 1.80 bits per heavy atom. The maximum Gasteiger partial charge on any atom is 0.275 e. The lowest BCUT2D eigenvalue weighted by Crippen LogP contribution is -2.51. The molecule has 4 rings (SSSR count). The molecular weight excluding hydrogens is 314 g/mol. The highest BCUT2D eigenvalue weighted by Gasteiger charge is 2.49. The lowest BCUT2D eigenvalue weighted by Gasteiger charge is -2.32. The molecule has 1 aromatic carbocycles. The zero-order valence-corrected chi connectivity index (χ0v) is 14.5. The minimum absolute atomic E-state index is 0.0453. The molecule has 1 heterocycles. The zero-order valence-electron chi connectivity index (χ0n) is 14.5. The second-order valence-electron chi connectivity index (χ2n) is 7.46. The first kappa shape index (κ1) is 16.3. The van der Waals surface area contributed by atoms with E-state index in [9.17, 15) is 9.59 Å². The average molecular weight is 339 g/mol. The Kier molecular flexibility index (Phi) is 4.32. The van der Waals surface area contributed by atoms with Gasteiger partial charge in [-0.25, -0.2) is 0 Å². The molecule has 2 aliphatic carbocycles. The Morgan fingerprint density at radius 1 is 1.12 bits per heavy atom. The van der Waals surface area contributed by atoms with Crippen LogP contribution in [0.5, 0.6) is 0 Å². The predicted octanol–water partition coefficient (Wildman–Crippen LogP) is 2.65. The van der Waals surface area contributed by atoms with Crippen LogP contribution in [-0.2, 0) is 9.59 Å². The number of amides is 2. The van der Waals surface area contributed by atoms with E-state index in [-0.39, 0.29) is 24.4 Å². The number of benzene rings is 1. The fourth-order valence-corrected chi connectivity index (χ4v) is 4.45. The van der Waals surface area contributed by atoms with Crippen LogP contribution >= 0.6 is 0 Å². The Morgan fingerprint density at radius 3 is 2.48 bits per heavy atom. The topological polar surface area (TPSA) is 61.8 Å². The Labute approximate surface area is 148 Å². The summed E-state index contributed by atoms with van der Waals surface area (Å²) in [5, 5.41) is 3.10. The summed E-state index contributed by atoms with van der Waals surface area (Å²) in [6.07, 6.45) is 8.28. The number of hydrogen-bond acceptors (Lipinski definition) is 3. The van der Waals surface area contributed by atoms with Crippen LogP contribution in [0.3, 0.4) is 0 Å². The van der Waals surface area contributed by atoms with Gasteiger partial charge >= 0.3 is 0 Å². The highest BCUT2D eigenvalue weighted by atomic mass is 16.2. The molecule has 0 saturated heterocycles. The molecule has 2 amide bonds. The van der Waals surface area contributed by atoms with Crippen LogP contribution in [0.2, 0.25) is 0 Å². The number of aliphatic imine (C=N–C) groups is 1. The third kappa shape index (κ3) is 3.08. The number of nitrogens with one attached hydrogen (secondary N) is 1. The van der Waals surface area contributed by atoms with Crippen LogP contribution in [0.25, 0.3) is 0 Å². The largest absolute Gasteiger partial charge is 0.352 e. The van der Waals surface area contributed by atoms with Gasteiger partial charge in [-0.2, -0.15) is 0 Å². The predicted molar refractivity (Wildman–Crippen MR) is 96.3 cm³/mol. The van der Waals surface area contributed by atoms with E-state index in [4.69, 9.17) is 4.99 Å². The van der Waals surface area contributed by atoms with Gasteiger partial charge in [-0.1, -0.05) is 43.2 Å². The third-order valence-corrected chi connectivity index (χ3v) is 5.74. The second kappa shape index (κ2) is 6.62. The van der Waals surface area contributed by atoms with Gasteiger partial charge in [-0.05, 0) is 38.5 Å². The van der Waals surface area contributed by atoms with E-state index in [0.29, 0.717) is 5.71 Å². The van der Waals surface area contributed by atoms with E-state index in [2.05, 4.69) is 5.32 Å². The van der Waals surface area contributed by atoms with Crippen molar-refractivity contribution in [2.24, 2.45) is 4.99 Å². The monoisotopic (exact) mass is 339 g/mol. The molecule has 25 heavy (non-hydrogen) atoms. The van der Waals surface area contributed by atoms with Crippen molar-refractivity contribution >= 4 is 17.5 Å². The summed E-state index contributed by atoms with van der Waals surface area (Å²) in [5.74, 6) is -0.147. The number of hydrogen-bond donors (Lipinski definition) is 1. The maximum absolute atomic E-state index is 13.1. The fourth-order valence-electron chi connectivity index (χ4n) is 4.45. The van der Waals surface area contributed by atoms with E-state index in [1.807, 2.05) is 30.3 Å². The van der Waals surface area contributed by atoms with Crippen molar-refractivity contribution in [2.75, 3.05) is 6.54 Å². The number of carbonyl (C=O) groups excluding carboxylic acids is 2. The Hall–Kier alpha value is -2.17. The highest BCUT2D eigenvalue weighted by Crippen LogP contribution is 2.40.